The summed E-state index contributed by atoms with van der Waals surface area (Å²) in [5.74, 6) is 0.180. The van der Waals surface area contributed by atoms with Crippen LogP contribution in [0.4, 0.5) is 9.52 Å². The third kappa shape index (κ3) is 3.43. The maximum absolute atomic E-state index is 13.3. The first-order valence-corrected chi connectivity index (χ1v) is 7.06. The van der Waals surface area contributed by atoms with Crippen LogP contribution in [0.3, 0.4) is 0 Å². The Kier molecular flexibility index (Phi) is 4.54. The van der Waals surface area contributed by atoms with Gasteiger partial charge in [-0.1, -0.05) is 11.3 Å². The van der Waals surface area contributed by atoms with E-state index in [2.05, 4.69) is 26.2 Å². The molecule has 0 unspecified atom stereocenters. The summed E-state index contributed by atoms with van der Waals surface area (Å²) in [6.07, 6.45) is 1.76. The highest BCUT2D eigenvalue weighted by Crippen LogP contribution is 2.23. The first kappa shape index (κ1) is 13.3. The SMILES string of the molecule is CCNc1ncc(COc2ccc(Br)c(F)c2)s1. The Morgan fingerprint density at radius 1 is 1.50 bits per heavy atom. The number of nitrogens with zero attached hydrogens (tertiary/aromatic N) is 1. The van der Waals surface area contributed by atoms with Crippen LogP contribution in [0.25, 0.3) is 0 Å². The van der Waals surface area contributed by atoms with Crippen LogP contribution in [0.2, 0.25) is 0 Å². The van der Waals surface area contributed by atoms with E-state index in [1.807, 2.05) is 6.92 Å². The predicted molar refractivity (Wildman–Crippen MR) is 74.7 cm³/mol. The van der Waals surface area contributed by atoms with Crippen molar-refractivity contribution in [1.29, 1.82) is 0 Å². The molecule has 2 aromatic rings. The highest BCUT2D eigenvalue weighted by atomic mass is 79.9. The summed E-state index contributed by atoms with van der Waals surface area (Å²) in [6.45, 7) is 3.25. The Hall–Kier alpha value is -1.14. The third-order valence-electron chi connectivity index (χ3n) is 2.15. The van der Waals surface area contributed by atoms with E-state index in [1.165, 1.54) is 17.4 Å². The summed E-state index contributed by atoms with van der Waals surface area (Å²) < 4.78 is 19.2. The first-order valence-electron chi connectivity index (χ1n) is 5.45. The summed E-state index contributed by atoms with van der Waals surface area (Å²) in [4.78, 5) is 5.19. The van der Waals surface area contributed by atoms with Crippen LogP contribution in [-0.2, 0) is 6.61 Å². The van der Waals surface area contributed by atoms with Gasteiger partial charge in [0, 0.05) is 18.8 Å². The average molecular weight is 331 g/mol. The molecule has 2 rings (SSSR count). The number of rotatable bonds is 5. The van der Waals surface area contributed by atoms with Crippen LogP contribution in [-0.4, -0.2) is 11.5 Å². The van der Waals surface area contributed by atoms with E-state index in [4.69, 9.17) is 4.74 Å². The Bertz CT molecular complexity index is 533. The molecule has 96 valence electrons. The lowest BCUT2D eigenvalue weighted by atomic mass is 10.3. The summed E-state index contributed by atoms with van der Waals surface area (Å²) in [5.41, 5.74) is 0. The molecule has 0 aliphatic carbocycles. The molecule has 6 heteroatoms. The molecule has 0 radical (unpaired) electrons. The fraction of sp³-hybridized carbons (Fsp3) is 0.250. The minimum atomic E-state index is -0.329. The second-order valence-electron chi connectivity index (χ2n) is 3.53. The molecule has 3 nitrogen and oxygen atoms in total. The third-order valence-corrected chi connectivity index (χ3v) is 3.73. The van der Waals surface area contributed by atoms with Crippen LogP contribution < -0.4 is 10.1 Å². The molecule has 0 saturated heterocycles. The molecular weight excluding hydrogens is 319 g/mol. The molecule has 0 amide bonds. The van der Waals surface area contributed by atoms with Crippen molar-refractivity contribution in [2.24, 2.45) is 0 Å². The topological polar surface area (TPSA) is 34.2 Å². The van der Waals surface area contributed by atoms with Gasteiger partial charge in [0.2, 0.25) is 0 Å². The summed E-state index contributed by atoms with van der Waals surface area (Å²) in [6, 6.07) is 4.71. The number of ether oxygens (including phenoxy) is 1. The van der Waals surface area contributed by atoms with Crippen molar-refractivity contribution in [2.45, 2.75) is 13.5 Å². The molecule has 1 aromatic carbocycles. The molecule has 1 aromatic heterocycles. The summed E-state index contributed by atoms with van der Waals surface area (Å²) in [7, 11) is 0. The van der Waals surface area contributed by atoms with E-state index in [9.17, 15) is 4.39 Å². The number of halogens is 2. The molecule has 1 N–H and O–H groups in total. The predicted octanol–water partition coefficient (Wildman–Crippen LogP) is 4.06. The van der Waals surface area contributed by atoms with E-state index >= 15 is 0 Å². The van der Waals surface area contributed by atoms with Crippen LogP contribution >= 0.6 is 27.3 Å². The van der Waals surface area contributed by atoms with Gasteiger partial charge in [-0.15, -0.1) is 0 Å². The minimum absolute atomic E-state index is 0.329. The highest BCUT2D eigenvalue weighted by molar-refractivity contribution is 9.10. The zero-order valence-corrected chi connectivity index (χ0v) is 12.1. The highest BCUT2D eigenvalue weighted by Gasteiger charge is 2.04. The van der Waals surface area contributed by atoms with Gasteiger partial charge in [-0.25, -0.2) is 9.37 Å². The smallest absolute Gasteiger partial charge is 0.182 e. The number of nitrogens with one attached hydrogen (secondary N) is 1. The lowest BCUT2D eigenvalue weighted by Crippen LogP contribution is -1.94. The first-order chi connectivity index (χ1) is 8.69. The van der Waals surface area contributed by atoms with E-state index in [0.717, 1.165) is 16.6 Å². The second kappa shape index (κ2) is 6.15. The van der Waals surface area contributed by atoms with Gasteiger partial charge in [-0.05, 0) is 35.0 Å². The Morgan fingerprint density at radius 2 is 2.33 bits per heavy atom. The molecule has 18 heavy (non-hydrogen) atoms. The molecule has 1 heterocycles. The Labute approximate surface area is 117 Å². The Morgan fingerprint density at radius 3 is 3.06 bits per heavy atom. The van der Waals surface area contributed by atoms with Crippen molar-refractivity contribution in [3.63, 3.8) is 0 Å². The van der Waals surface area contributed by atoms with E-state index in [0.29, 0.717) is 16.8 Å². The van der Waals surface area contributed by atoms with Gasteiger partial charge < -0.3 is 10.1 Å². The minimum Gasteiger partial charge on any atom is -0.488 e. The zero-order chi connectivity index (χ0) is 13.0. The summed E-state index contributed by atoms with van der Waals surface area (Å²) in [5, 5.41) is 4.00. The van der Waals surface area contributed by atoms with Crippen molar-refractivity contribution < 1.29 is 9.13 Å². The van der Waals surface area contributed by atoms with Crippen LogP contribution in [0.5, 0.6) is 5.75 Å². The fourth-order valence-corrected chi connectivity index (χ4v) is 2.37. The molecule has 0 saturated carbocycles. The molecule has 0 atom stereocenters. The van der Waals surface area contributed by atoms with E-state index in [-0.39, 0.29) is 5.82 Å². The normalized spacial score (nSPS) is 10.4. The van der Waals surface area contributed by atoms with Crippen molar-refractivity contribution >= 4 is 32.4 Å². The standard InChI is InChI=1S/C12H12BrFN2OS/c1-2-15-12-16-6-9(18-12)7-17-8-3-4-10(13)11(14)5-8/h3-6H,2,7H2,1H3,(H,15,16). The number of thiazole rings is 1. The van der Waals surface area contributed by atoms with Crippen LogP contribution in [0.15, 0.2) is 28.9 Å². The monoisotopic (exact) mass is 330 g/mol. The van der Waals surface area contributed by atoms with Gasteiger partial charge in [0.05, 0.1) is 9.35 Å². The number of hydrogen-bond acceptors (Lipinski definition) is 4. The molecule has 0 aliphatic rings. The lowest BCUT2D eigenvalue weighted by molar-refractivity contribution is 0.308. The molecule has 0 spiro atoms. The van der Waals surface area contributed by atoms with Crippen molar-refractivity contribution in [3.05, 3.63) is 39.6 Å². The van der Waals surface area contributed by atoms with E-state index in [1.54, 1.807) is 18.3 Å². The van der Waals surface area contributed by atoms with E-state index < -0.39 is 0 Å². The average Bonchev–Trinajstić information content (AvgIpc) is 2.79. The molecule has 0 bridgehead atoms. The van der Waals surface area contributed by atoms with Gasteiger partial charge in [-0.2, -0.15) is 0 Å². The fourth-order valence-electron chi connectivity index (χ4n) is 1.33. The van der Waals surface area contributed by atoms with Crippen molar-refractivity contribution in [3.8, 4) is 5.75 Å². The number of anilines is 1. The van der Waals surface area contributed by atoms with Crippen LogP contribution in [0, 0.1) is 5.82 Å². The maximum atomic E-state index is 13.3. The van der Waals surface area contributed by atoms with Gasteiger partial charge in [0.1, 0.15) is 18.2 Å². The quantitative estimate of drug-likeness (QED) is 0.897. The van der Waals surface area contributed by atoms with Gasteiger partial charge >= 0.3 is 0 Å². The van der Waals surface area contributed by atoms with Crippen molar-refractivity contribution in [2.75, 3.05) is 11.9 Å². The van der Waals surface area contributed by atoms with Crippen molar-refractivity contribution in [1.82, 2.24) is 4.98 Å². The molecule has 0 aliphatic heterocycles. The lowest BCUT2D eigenvalue weighted by Gasteiger charge is -2.04. The number of aromatic nitrogens is 1. The largest absolute Gasteiger partial charge is 0.488 e. The molecular formula is C12H12BrFN2OS. The maximum Gasteiger partial charge on any atom is 0.182 e. The number of hydrogen-bond donors (Lipinski definition) is 1. The van der Waals surface area contributed by atoms with Gasteiger partial charge in [0.15, 0.2) is 5.13 Å². The summed E-state index contributed by atoms with van der Waals surface area (Å²) >= 11 is 4.63. The Balaban J connectivity index is 1.95. The molecule has 0 fully saturated rings. The van der Waals surface area contributed by atoms with Gasteiger partial charge in [-0.3, -0.25) is 0 Å². The zero-order valence-electron chi connectivity index (χ0n) is 9.74. The number of benzene rings is 1. The van der Waals surface area contributed by atoms with Gasteiger partial charge in [0.25, 0.3) is 0 Å². The second-order valence-corrected chi connectivity index (χ2v) is 5.50. The van der Waals surface area contributed by atoms with Crippen LogP contribution in [0.1, 0.15) is 11.8 Å².